The van der Waals surface area contributed by atoms with E-state index in [9.17, 15) is 4.79 Å². The van der Waals surface area contributed by atoms with Crippen LogP contribution in [0.2, 0.25) is 0 Å². The highest BCUT2D eigenvalue weighted by molar-refractivity contribution is 5.88. The van der Waals surface area contributed by atoms with Crippen LogP contribution < -0.4 is 4.90 Å². The Hall–Kier alpha value is -3.07. The summed E-state index contributed by atoms with van der Waals surface area (Å²) >= 11 is 0. The lowest BCUT2D eigenvalue weighted by molar-refractivity contribution is 0.0697. The van der Waals surface area contributed by atoms with Gasteiger partial charge in [0.1, 0.15) is 0 Å². The maximum atomic E-state index is 10.9. The zero-order chi connectivity index (χ0) is 17.4. The van der Waals surface area contributed by atoms with E-state index < -0.39 is 5.97 Å². The second-order valence-corrected chi connectivity index (χ2v) is 6.47. The molecular formula is C22H19NO2. The molecular weight excluding hydrogens is 310 g/mol. The van der Waals surface area contributed by atoms with Crippen LogP contribution in [-0.2, 0) is 6.42 Å². The van der Waals surface area contributed by atoms with Gasteiger partial charge in [0.05, 0.1) is 5.56 Å². The third kappa shape index (κ3) is 2.89. The van der Waals surface area contributed by atoms with Crippen LogP contribution in [0.4, 0.5) is 5.69 Å². The minimum absolute atomic E-state index is 0.309. The third-order valence-corrected chi connectivity index (χ3v) is 4.89. The van der Waals surface area contributed by atoms with Gasteiger partial charge in [0.25, 0.3) is 0 Å². The van der Waals surface area contributed by atoms with E-state index in [-0.39, 0.29) is 0 Å². The Labute approximate surface area is 147 Å². The summed E-state index contributed by atoms with van der Waals surface area (Å²) in [6.07, 6.45) is 1.10. The van der Waals surface area contributed by atoms with E-state index in [2.05, 4.69) is 54.4 Å². The number of carbonyl (C=O) groups is 1. The molecule has 0 atom stereocenters. The molecule has 4 rings (SSSR count). The van der Waals surface area contributed by atoms with Gasteiger partial charge in [-0.15, -0.1) is 0 Å². The van der Waals surface area contributed by atoms with Crippen LogP contribution in [0.1, 0.15) is 15.9 Å². The first-order chi connectivity index (χ1) is 12.1. The summed E-state index contributed by atoms with van der Waals surface area (Å²) in [5.74, 6) is -0.899. The van der Waals surface area contributed by atoms with Crippen molar-refractivity contribution in [3.05, 3.63) is 77.9 Å². The van der Waals surface area contributed by atoms with Crippen LogP contribution in [-0.4, -0.2) is 24.7 Å². The Kier molecular flexibility index (Phi) is 3.77. The van der Waals surface area contributed by atoms with Crippen molar-refractivity contribution in [3.8, 4) is 22.3 Å². The fourth-order valence-electron chi connectivity index (χ4n) is 3.41. The minimum Gasteiger partial charge on any atom is -0.478 e. The lowest BCUT2D eigenvalue weighted by atomic mass is 9.98. The number of carboxylic acids is 1. The summed E-state index contributed by atoms with van der Waals surface area (Å²) in [6, 6.07) is 22.1. The topological polar surface area (TPSA) is 40.5 Å². The van der Waals surface area contributed by atoms with Gasteiger partial charge in [-0.25, -0.2) is 4.79 Å². The standard InChI is InChI=1S/C22H19NO2/c1-23-13-12-20-14-19(10-11-21(20)23)17-4-2-15(3-5-17)16-6-8-18(9-7-16)22(24)25/h2-11,14H,12-13H2,1H3,(H,24,25). The van der Waals surface area contributed by atoms with Gasteiger partial charge in [0, 0.05) is 19.3 Å². The number of hydrogen-bond acceptors (Lipinski definition) is 2. The molecule has 0 radical (unpaired) electrons. The predicted octanol–water partition coefficient (Wildman–Crippen LogP) is 4.71. The highest BCUT2D eigenvalue weighted by Gasteiger charge is 2.15. The molecule has 3 nitrogen and oxygen atoms in total. The fourth-order valence-corrected chi connectivity index (χ4v) is 3.41. The maximum absolute atomic E-state index is 10.9. The van der Waals surface area contributed by atoms with Gasteiger partial charge < -0.3 is 10.0 Å². The molecule has 1 aliphatic rings. The van der Waals surface area contributed by atoms with Crippen molar-refractivity contribution in [2.45, 2.75) is 6.42 Å². The van der Waals surface area contributed by atoms with Crippen LogP contribution >= 0.6 is 0 Å². The van der Waals surface area contributed by atoms with Crippen LogP contribution in [0.25, 0.3) is 22.3 Å². The number of hydrogen-bond donors (Lipinski definition) is 1. The van der Waals surface area contributed by atoms with Crippen LogP contribution in [0.5, 0.6) is 0 Å². The molecule has 3 aromatic rings. The summed E-state index contributed by atoms with van der Waals surface area (Å²) in [5.41, 5.74) is 7.59. The quantitative estimate of drug-likeness (QED) is 0.756. The zero-order valence-electron chi connectivity index (χ0n) is 14.1. The number of fused-ring (bicyclic) bond motifs is 1. The molecule has 0 aliphatic carbocycles. The summed E-state index contributed by atoms with van der Waals surface area (Å²) in [7, 11) is 2.13. The van der Waals surface area contributed by atoms with Crippen LogP contribution in [0, 0.1) is 0 Å². The lowest BCUT2D eigenvalue weighted by Gasteiger charge is -2.12. The van der Waals surface area contributed by atoms with E-state index in [1.807, 2.05) is 12.1 Å². The SMILES string of the molecule is CN1CCc2cc(-c3ccc(-c4ccc(C(=O)O)cc4)cc3)ccc21. The Morgan fingerprint density at radius 2 is 1.36 bits per heavy atom. The Bertz CT molecular complexity index is 927. The average Bonchev–Trinajstić information content (AvgIpc) is 3.02. The molecule has 3 aromatic carbocycles. The Balaban J connectivity index is 1.61. The summed E-state index contributed by atoms with van der Waals surface area (Å²) < 4.78 is 0. The van der Waals surface area contributed by atoms with Gasteiger partial charge in [0.15, 0.2) is 0 Å². The first-order valence-corrected chi connectivity index (χ1v) is 8.40. The molecule has 1 N–H and O–H groups in total. The molecule has 0 saturated heterocycles. The lowest BCUT2D eigenvalue weighted by Crippen LogP contribution is -2.12. The van der Waals surface area contributed by atoms with E-state index in [4.69, 9.17) is 5.11 Å². The first kappa shape index (κ1) is 15.5. The van der Waals surface area contributed by atoms with E-state index in [1.165, 1.54) is 22.4 Å². The van der Waals surface area contributed by atoms with Crippen molar-refractivity contribution < 1.29 is 9.90 Å². The van der Waals surface area contributed by atoms with E-state index in [0.717, 1.165) is 24.1 Å². The second-order valence-electron chi connectivity index (χ2n) is 6.47. The molecule has 1 aliphatic heterocycles. The number of carboxylic acid groups (broad SMARTS) is 1. The monoisotopic (exact) mass is 329 g/mol. The average molecular weight is 329 g/mol. The van der Waals surface area contributed by atoms with Crippen molar-refractivity contribution in [1.82, 2.24) is 0 Å². The minimum atomic E-state index is -0.899. The van der Waals surface area contributed by atoms with Crippen molar-refractivity contribution in [3.63, 3.8) is 0 Å². The number of nitrogens with zero attached hydrogens (tertiary/aromatic N) is 1. The van der Waals surface area contributed by atoms with Gasteiger partial charge in [0.2, 0.25) is 0 Å². The fraction of sp³-hybridized carbons (Fsp3) is 0.136. The molecule has 0 bridgehead atoms. The van der Waals surface area contributed by atoms with Crippen LogP contribution in [0.15, 0.2) is 66.7 Å². The summed E-state index contributed by atoms with van der Waals surface area (Å²) in [4.78, 5) is 13.2. The third-order valence-electron chi connectivity index (χ3n) is 4.89. The predicted molar refractivity (Wildman–Crippen MR) is 101 cm³/mol. The van der Waals surface area contributed by atoms with Crippen molar-refractivity contribution in [2.75, 3.05) is 18.5 Å². The number of benzene rings is 3. The van der Waals surface area contributed by atoms with Gasteiger partial charge in [-0.3, -0.25) is 0 Å². The first-order valence-electron chi connectivity index (χ1n) is 8.40. The highest BCUT2D eigenvalue weighted by Crippen LogP contribution is 2.32. The molecule has 25 heavy (non-hydrogen) atoms. The Morgan fingerprint density at radius 1 is 0.840 bits per heavy atom. The molecule has 0 saturated carbocycles. The van der Waals surface area contributed by atoms with Gasteiger partial charge >= 0.3 is 5.97 Å². The largest absolute Gasteiger partial charge is 0.478 e. The van der Waals surface area contributed by atoms with Gasteiger partial charge in [-0.1, -0.05) is 42.5 Å². The molecule has 0 amide bonds. The number of aromatic carboxylic acids is 1. The highest BCUT2D eigenvalue weighted by atomic mass is 16.4. The molecule has 0 aromatic heterocycles. The molecule has 124 valence electrons. The van der Waals surface area contributed by atoms with E-state index in [0.29, 0.717) is 5.56 Å². The molecule has 3 heteroatoms. The zero-order valence-corrected chi connectivity index (χ0v) is 14.1. The van der Waals surface area contributed by atoms with Gasteiger partial charge in [-0.05, 0) is 58.5 Å². The maximum Gasteiger partial charge on any atom is 0.335 e. The van der Waals surface area contributed by atoms with E-state index in [1.54, 1.807) is 12.1 Å². The van der Waals surface area contributed by atoms with Crippen LogP contribution in [0.3, 0.4) is 0 Å². The van der Waals surface area contributed by atoms with Gasteiger partial charge in [-0.2, -0.15) is 0 Å². The summed E-state index contributed by atoms with van der Waals surface area (Å²) in [6.45, 7) is 1.09. The number of likely N-dealkylation sites (N-methyl/N-ethyl adjacent to an activating group) is 1. The Morgan fingerprint density at radius 3 is 1.96 bits per heavy atom. The number of anilines is 1. The normalized spacial score (nSPS) is 12.9. The summed E-state index contributed by atoms with van der Waals surface area (Å²) in [5, 5.41) is 8.99. The molecule has 0 unspecified atom stereocenters. The van der Waals surface area contributed by atoms with Crippen molar-refractivity contribution in [1.29, 1.82) is 0 Å². The van der Waals surface area contributed by atoms with Crippen molar-refractivity contribution >= 4 is 11.7 Å². The molecule has 1 heterocycles. The second kappa shape index (κ2) is 6.10. The van der Waals surface area contributed by atoms with E-state index >= 15 is 0 Å². The smallest absolute Gasteiger partial charge is 0.335 e. The molecule has 0 spiro atoms. The van der Waals surface area contributed by atoms with Crippen molar-refractivity contribution in [2.24, 2.45) is 0 Å². The molecule has 0 fully saturated rings. The number of rotatable bonds is 3.